The summed E-state index contributed by atoms with van der Waals surface area (Å²) in [5, 5.41) is 0. The molecule has 1 heterocycles. The van der Waals surface area contributed by atoms with Gasteiger partial charge in [0.05, 0.1) is 0 Å². The number of likely N-dealkylation sites (N-methyl/N-ethyl adjacent to an activating group) is 2. The fourth-order valence-electron chi connectivity index (χ4n) is 1.90. The lowest BCUT2D eigenvalue weighted by Crippen LogP contribution is -2.31. The minimum Gasteiger partial charge on any atom is -0.306 e. The SMILES string of the molecule is CN1CCCN(C)CCN(C)CCC1. The van der Waals surface area contributed by atoms with Crippen molar-refractivity contribution in [1.82, 2.24) is 14.7 Å². The summed E-state index contributed by atoms with van der Waals surface area (Å²) >= 11 is 0. The van der Waals surface area contributed by atoms with Crippen LogP contribution in [0.2, 0.25) is 0 Å². The first-order valence-electron chi connectivity index (χ1n) is 5.74. The van der Waals surface area contributed by atoms with Gasteiger partial charge in [-0.25, -0.2) is 0 Å². The van der Waals surface area contributed by atoms with Crippen LogP contribution >= 0.6 is 0 Å². The zero-order valence-corrected chi connectivity index (χ0v) is 10.00. The molecule has 0 amide bonds. The molecule has 1 aliphatic rings. The molecule has 0 aliphatic carbocycles. The Kier molecular flexibility index (Phi) is 5.45. The zero-order valence-electron chi connectivity index (χ0n) is 10.00. The minimum atomic E-state index is 1.21. The second kappa shape index (κ2) is 6.38. The average molecular weight is 199 g/mol. The molecule has 84 valence electrons. The Balaban J connectivity index is 2.33. The van der Waals surface area contributed by atoms with Gasteiger partial charge in [0.2, 0.25) is 0 Å². The van der Waals surface area contributed by atoms with Crippen molar-refractivity contribution >= 4 is 0 Å². The highest BCUT2D eigenvalue weighted by Crippen LogP contribution is 1.97. The van der Waals surface area contributed by atoms with Crippen molar-refractivity contribution in [1.29, 1.82) is 0 Å². The Morgan fingerprint density at radius 3 is 1.14 bits per heavy atom. The third-order valence-electron chi connectivity index (χ3n) is 3.02. The molecule has 1 fully saturated rings. The molecular weight excluding hydrogens is 174 g/mol. The van der Waals surface area contributed by atoms with Crippen molar-refractivity contribution in [3.63, 3.8) is 0 Å². The molecule has 0 radical (unpaired) electrons. The van der Waals surface area contributed by atoms with E-state index < -0.39 is 0 Å². The van der Waals surface area contributed by atoms with Gasteiger partial charge in [0.15, 0.2) is 0 Å². The van der Waals surface area contributed by atoms with E-state index in [1.165, 1.54) is 52.1 Å². The van der Waals surface area contributed by atoms with Crippen LogP contribution in [0.5, 0.6) is 0 Å². The summed E-state index contributed by atoms with van der Waals surface area (Å²) in [6.07, 6.45) is 2.60. The van der Waals surface area contributed by atoms with E-state index >= 15 is 0 Å². The van der Waals surface area contributed by atoms with Gasteiger partial charge in [-0.2, -0.15) is 0 Å². The molecule has 0 aromatic rings. The quantitative estimate of drug-likeness (QED) is 0.565. The van der Waals surface area contributed by atoms with Crippen LogP contribution in [-0.4, -0.2) is 75.1 Å². The molecule has 0 atom stereocenters. The molecule has 0 N–H and O–H groups in total. The van der Waals surface area contributed by atoms with E-state index in [1.807, 2.05) is 0 Å². The van der Waals surface area contributed by atoms with E-state index in [9.17, 15) is 0 Å². The van der Waals surface area contributed by atoms with E-state index in [2.05, 4.69) is 35.8 Å². The summed E-state index contributed by atoms with van der Waals surface area (Å²) in [6, 6.07) is 0. The summed E-state index contributed by atoms with van der Waals surface area (Å²) in [7, 11) is 6.69. The van der Waals surface area contributed by atoms with Gasteiger partial charge in [0.25, 0.3) is 0 Å². The highest BCUT2D eigenvalue weighted by atomic mass is 15.2. The number of nitrogens with zero attached hydrogens (tertiary/aromatic N) is 3. The third-order valence-corrected chi connectivity index (χ3v) is 3.02. The minimum absolute atomic E-state index is 1.21. The fraction of sp³-hybridized carbons (Fsp3) is 1.00. The van der Waals surface area contributed by atoms with Crippen molar-refractivity contribution in [2.75, 3.05) is 60.4 Å². The first-order valence-corrected chi connectivity index (χ1v) is 5.74. The van der Waals surface area contributed by atoms with E-state index in [0.717, 1.165) is 0 Å². The van der Waals surface area contributed by atoms with E-state index in [1.54, 1.807) is 0 Å². The maximum absolute atomic E-state index is 2.45. The van der Waals surface area contributed by atoms with Crippen LogP contribution in [0.3, 0.4) is 0 Å². The molecule has 0 bridgehead atoms. The highest BCUT2D eigenvalue weighted by molar-refractivity contribution is 4.62. The van der Waals surface area contributed by atoms with Crippen LogP contribution in [0.15, 0.2) is 0 Å². The van der Waals surface area contributed by atoms with Crippen molar-refractivity contribution in [3.8, 4) is 0 Å². The Morgan fingerprint density at radius 2 is 0.786 bits per heavy atom. The average Bonchev–Trinajstić information content (AvgIpc) is 2.16. The third kappa shape index (κ3) is 4.94. The normalized spacial score (nSPS) is 25.9. The smallest absolute Gasteiger partial charge is 0.0106 e. The predicted octanol–water partition coefficient (Wildman–Crippen LogP) is 0.576. The second-order valence-corrected chi connectivity index (χ2v) is 4.62. The van der Waals surface area contributed by atoms with Crippen LogP contribution in [0.1, 0.15) is 12.8 Å². The molecular formula is C11H25N3. The molecule has 0 unspecified atom stereocenters. The lowest BCUT2D eigenvalue weighted by molar-refractivity contribution is 0.259. The summed E-state index contributed by atoms with van der Waals surface area (Å²) in [5.41, 5.74) is 0. The molecule has 3 heteroatoms. The predicted molar refractivity (Wildman–Crippen MR) is 61.7 cm³/mol. The molecule has 0 spiro atoms. The summed E-state index contributed by atoms with van der Waals surface area (Å²) in [6.45, 7) is 7.37. The van der Waals surface area contributed by atoms with Gasteiger partial charge >= 0.3 is 0 Å². The molecule has 14 heavy (non-hydrogen) atoms. The molecule has 1 rings (SSSR count). The Morgan fingerprint density at radius 1 is 0.500 bits per heavy atom. The van der Waals surface area contributed by atoms with Gasteiger partial charge < -0.3 is 14.7 Å². The van der Waals surface area contributed by atoms with Crippen molar-refractivity contribution < 1.29 is 0 Å². The molecule has 0 aromatic carbocycles. The van der Waals surface area contributed by atoms with Gasteiger partial charge in [0.1, 0.15) is 0 Å². The van der Waals surface area contributed by atoms with Gasteiger partial charge in [-0.3, -0.25) is 0 Å². The topological polar surface area (TPSA) is 9.72 Å². The number of hydrogen-bond donors (Lipinski definition) is 0. The van der Waals surface area contributed by atoms with Crippen LogP contribution in [0.25, 0.3) is 0 Å². The Bertz CT molecular complexity index is 133. The summed E-state index contributed by atoms with van der Waals surface area (Å²) < 4.78 is 0. The van der Waals surface area contributed by atoms with Gasteiger partial charge in [-0.05, 0) is 60.2 Å². The molecule has 0 aromatic heterocycles. The first kappa shape index (κ1) is 12.0. The largest absolute Gasteiger partial charge is 0.306 e. The summed E-state index contributed by atoms with van der Waals surface area (Å²) in [5.74, 6) is 0. The fourth-order valence-corrected chi connectivity index (χ4v) is 1.90. The van der Waals surface area contributed by atoms with Crippen molar-refractivity contribution in [2.45, 2.75) is 12.8 Å². The standard InChI is InChI=1S/C11H25N3/c1-12-6-4-8-13(2)10-11-14(3)9-5-7-12/h4-11H2,1-3H3. The van der Waals surface area contributed by atoms with Crippen LogP contribution in [-0.2, 0) is 0 Å². The maximum atomic E-state index is 2.45. The lowest BCUT2D eigenvalue weighted by Gasteiger charge is -2.20. The van der Waals surface area contributed by atoms with Crippen LogP contribution < -0.4 is 0 Å². The first-order chi connectivity index (χ1) is 6.68. The molecule has 0 saturated carbocycles. The molecule has 3 nitrogen and oxygen atoms in total. The number of rotatable bonds is 0. The summed E-state index contributed by atoms with van der Waals surface area (Å²) in [4.78, 5) is 7.33. The maximum Gasteiger partial charge on any atom is 0.0106 e. The Hall–Kier alpha value is -0.120. The van der Waals surface area contributed by atoms with E-state index in [-0.39, 0.29) is 0 Å². The van der Waals surface area contributed by atoms with Gasteiger partial charge in [0, 0.05) is 13.1 Å². The van der Waals surface area contributed by atoms with Gasteiger partial charge in [-0.1, -0.05) is 0 Å². The molecule has 1 saturated heterocycles. The van der Waals surface area contributed by atoms with Crippen LogP contribution in [0.4, 0.5) is 0 Å². The monoisotopic (exact) mass is 199 g/mol. The van der Waals surface area contributed by atoms with E-state index in [0.29, 0.717) is 0 Å². The highest BCUT2D eigenvalue weighted by Gasteiger charge is 2.06. The van der Waals surface area contributed by atoms with Gasteiger partial charge in [-0.15, -0.1) is 0 Å². The van der Waals surface area contributed by atoms with Crippen LogP contribution in [0, 0.1) is 0 Å². The lowest BCUT2D eigenvalue weighted by atomic mass is 10.3. The van der Waals surface area contributed by atoms with Crippen molar-refractivity contribution in [3.05, 3.63) is 0 Å². The molecule has 1 aliphatic heterocycles. The number of hydrogen-bond acceptors (Lipinski definition) is 3. The zero-order chi connectivity index (χ0) is 10.4. The second-order valence-electron chi connectivity index (χ2n) is 4.62. The van der Waals surface area contributed by atoms with E-state index in [4.69, 9.17) is 0 Å². The Labute approximate surface area is 88.7 Å². The van der Waals surface area contributed by atoms with Crippen molar-refractivity contribution in [2.24, 2.45) is 0 Å².